The molecule has 1 atom stereocenters. The van der Waals surface area contributed by atoms with Gasteiger partial charge in [-0.25, -0.2) is 14.8 Å². The van der Waals surface area contributed by atoms with Crippen LogP contribution in [-0.2, 0) is 6.54 Å². The Morgan fingerprint density at radius 3 is 2.94 bits per heavy atom. The van der Waals surface area contributed by atoms with Crippen molar-refractivity contribution in [3.8, 4) is 0 Å². The lowest BCUT2D eigenvalue weighted by atomic mass is 10.0. The second-order valence-electron chi connectivity index (χ2n) is 4.15. The van der Waals surface area contributed by atoms with E-state index in [9.17, 15) is 4.39 Å². The molecule has 96 valence electrons. The standard InChI is InChI=1S/C13H17FN4/c1-3-18-8-7-16-13(18)12(17-15)10-6-4-5-9(2)11(10)14/h4-8,12,17H,3,15H2,1-2H3. The molecule has 0 fully saturated rings. The fraction of sp³-hybridized carbons (Fsp3) is 0.308. The Morgan fingerprint density at radius 2 is 2.28 bits per heavy atom. The molecule has 0 aliphatic rings. The average molecular weight is 248 g/mol. The molecule has 1 aromatic carbocycles. The van der Waals surface area contributed by atoms with Crippen molar-refractivity contribution in [2.24, 2.45) is 5.84 Å². The van der Waals surface area contributed by atoms with Gasteiger partial charge in [0.05, 0.1) is 0 Å². The van der Waals surface area contributed by atoms with Crippen molar-refractivity contribution >= 4 is 0 Å². The van der Waals surface area contributed by atoms with E-state index in [0.29, 0.717) is 17.0 Å². The number of nitrogens with one attached hydrogen (secondary N) is 1. The molecule has 4 nitrogen and oxygen atoms in total. The highest BCUT2D eigenvalue weighted by molar-refractivity contribution is 5.31. The predicted octanol–water partition coefficient (Wildman–Crippen LogP) is 1.90. The van der Waals surface area contributed by atoms with E-state index in [2.05, 4.69) is 10.4 Å². The molecule has 1 unspecified atom stereocenters. The summed E-state index contributed by atoms with van der Waals surface area (Å²) in [5.74, 6) is 6.04. The van der Waals surface area contributed by atoms with E-state index in [4.69, 9.17) is 5.84 Å². The van der Waals surface area contributed by atoms with E-state index in [-0.39, 0.29) is 5.82 Å². The van der Waals surface area contributed by atoms with E-state index < -0.39 is 6.04 Å². The summed E-state index contributed by atoms with van der Waals surface area (Å²) < 4.78 is 16.1. The topological polar surface area (TPSA) is 55.9 Å². The molecule has 3 N–H and O–H groups in total. The Balaban J connectivity index is 2.49. The van der Waals surface area contributed by atoms with Gasteiger partial charge in [0.2, 0.25) is 0 Å². The molecule has 1 heterocycles. The van der Waals surface area contributed by atoms with Crippen molar-refractivity contribution in [3.63, 3.8) is 0 Å². The van der Waals surface area contributed by atoms with Crippen LogP contribution < -0.4 is 11.3 Å². The van der Waals surface area contributed by atoms with Gasteiger partial charge < -0.3 is 4.57 Å². The highest BCUT2D eigenvalue weighted by Gasteiger charge is 2.21. The fourth-order valence-corrected chi connectivity index (χ4v) is 2.04. The lowest BCUT2D eigenvalue weighted by Crippen LogP contribution is -2.31. The summed E-state index contributed by atoms with van der Waals surface area (Å²) in [7, 11) is 0. The van der Waals surface area contributed by atoms with E-state index in [0.717, 1.165) is 6.54 Å². The maximum absolute atomic E-state index is 14.1. The van der Waals surface area contributed by atoms with Gasteiger partial charge in [0.25, 0.3) is 0 Å². The first-order valence-electron chi connectivity index (χ1n) is 5.91. The van der Waals surface area contributed by atoms with Crippen molar-refractivity contribution < 1.29 is 4.39 Å². The molecule has 1 aromatic heterocycles. The number of imidazole rings is 1. The Kier molecular flexibility index (Phi) is 3.74. The number of rotatable bonds is 4. The summed E-state index contributed by atoms with van der Waals surface area (Å²) in [5.41, 5.74) is 3.75. The van der Waals surface area contributed by atoms with Crippen LogP contribution >= 0.6 is 0 Å². The summed E-state index contributed by atoms with van der Waals surface area (Å²) in [4.78, 5) is 4.26. The normalized spacial score (nSPS) is 12.7. The second-order valence-corrected chi connectivity index (χ2v) is 4.15. The highest BCUT2D eigenvalue weighted by atomic mass is 19.1. The number of hydrogen-bond acceptors (Lipinski definition) is 3. The zero-order chi connectivity index (χ0) is 13.1. The van der Waals surface area contributed by atoms with E-state index in [1.807, 2.05) is 23.8 Å². The fourth-order valence-electron chi connectivity index (χ4n) is 2.04. The van der Waals surface area contributed by atoms with Crippen molar-refractivity contribution in [3.05, 3.63) is 53.4 Å². The van der Waals surface area contributed by atoms with Gasteiger partial charge in [-0.2, -0.15) is 0 Å². The largest absolute Gasteiger partial charge is 0.334 e. The third-order valence-corrected chi connectivity index (χ3v) is 3.05. The molecule has 0 spiro atoms. The summed E-state index contributed by atoms with van der Waals surface area (Å²) in [6.45, 7) is 4.50. The minimum atomic E-state index is -0.445. The molecule has 18 heavy (non-hydrogen) atoms. The molecule has 0 saturated heterocycles. The van der Waals surface area contributed by atoms with E-state index >= 15 is 0 Å². The number of aryl methyl sites for hydroxylation is 2. The SMILES string of the molecule is CCn1ccnc1C(NN)c1cccc(C)c1F. The quantitative estimate of drug-likeness (QED) is 0.642. The summed E-state index contributed by atoms with van der Waals surface area (Å²) >= 11 is 0. The van der Waals surface area contributed by atoms with Gasteiger partial charge in [-0.3, -0.25) is 5.84 Å². The van der Waals surface area contributed by atoms with Crippen LogP contribution in [0.25, 0.3) is 0 Å². The van der Waals surface area contributed by atoms with Gasteiger partial charge in [-0.15, -0.1) is 0 Å². The summed E-state index contributed by atoms with van der Waals surface area (Å²) in [6, 6.07) is 4.83. The van der Waals surface area contributed by atoms with Gasteiger partial charge in [0.15, 0.2) is 0 Å². The average Bonchev–Trinajstić information content (AvgIpc) is 2.83. The van der Waals surface area contributed by atoms with Crippen LogP contribution in [-0.4, -0.2) is 9.55 Å². The van der Waals surface area contributed by atoms with Gasteiger partial charge in [-0.1, -0.05) is 18.2 Å². The number of hydrazine groups is 1. The Labute approximate surface area is 106 Å². The van der Waals surface area contributed by atoms with Crippen LogP contribution in [0.3, 0.4) is 0 Å². The number of hydrogen-bond donors (Lipinski definition) is 2. The third-order valence-electron chi connectivity index (χ3n) is 3.05. The lowest BCUT2D eigenvalue weighted by Gasteiger charge is -2.18. The zero-order valence-corrected chi connectivity index (χ0v) is 10.5. The van der Waals surface area contributed by atoms with E-state index in [1.54, 1.807) is 25.3 Å². The van der Waals surface area contributed by atoms with Crippen molar-refractivity contribution in [1.29, 1.82) is 0 Å². The highest BCUT2D eigenvalue weighted by Crippen LogP contribution is 2.24. The first-order chi connectivity index (χ1) is 8.69. The van der Waals surface area contributed by atoms with Crippen molar-refractivity contribution in [2.75, 3.05) is 0 Å². The first kappa shape index (κ1) is 12.7. The van der Waals surface area contributed by atoms with Crippen molar-refractivity contribution in [1.82, 2.24) is 15.0 Å². The van der Waals surface area contributed by atoms with Crippen LogP contribution in [0.15, 0.2) is 30.6 Å². The van der Waals surface area contributed by atoms with Gasteiger partial charge in [-0.05, 0) is 19.4 Å². The smallest absolute Gasteiger partial charge is 0.131 e. The maximum atomic E-state index is 14.1. The molecule has 0 radical (unpaired) electrons. The van der Waals surface area contributed by atoms with Crippen molar-refractivity contribution in [2.45, 2.75) is 26.4 Å². The predicted molar refractivity (Wildman–Crippen MR) is 68.2 cm³/mol. The number of benzene rings is 1. The third kappa shape index (κ3) is 2.14. The molecular formula is C13H17FN4. The molecule has 2 aromatic rings. The minimum absolute atomic E-state index is 0.244. The van der Waals surface area contributed by atoms with Crippen LogP contribution in [0.5, 0.6) is 0 Å². The number of halogens is 1. The summed E-state index contributed by atoms with van der Waals surface area (Å²) in [5, 5.41) is 0. The number of nitrogens with zero attached hydrogens (tertiary/aromatic N) is 2. The monoisotopic (exact) mass is 248 g/mol. The molecule has 2 rings (SSSR count). The maximum Gasteiger partial charge on any atom is 0.131 e. The first-order valence-corrected chi connectivity index (χ1v) is 5.91. The lowest BCUT2D eigenvalue weighted by molar-refractivity contribution is 0.520. The minimum Gasteiger partial charge on any atom is -0.334 e. The second kappa shape index (κ2) is 5.29. The Bertz CT molecular complexity index is 536. The van der Waals surface area contributed by atoms with Gasteiger partial charge in [0.1, 0.15) is 17.7 Å². The molecule has 0 amide bonds. The molecule has 0 saturated carbocycles. The number of nitrogens with two attached hydrogens (primary N) is 1. The van der Waals surface area contributed by atoms with Gasteiger partial charge in [0, 0.05) is 24.5 Å². The molecule has 5 heteroatoms. The Morgan fingerprint density at radius 1 is 1.50 bits per heavy atom. The summed E-state index contributed by atoms with van der Waals surface area (Å²) in [6.07, 6.45) is 3.55. The molecule has 0 aliphatic heterocycles. The van der Waals surface area contributed by atoms with Gasteiger partial charge >= 0.3 is 0 Å². The van der Waals surface area contributed by atoms with Crippen LogP contribution in [0, 0.1) is 12.7 Å². The molecular weight excluding hydrogens is 231 g/mol. The Hall–Kier alpha value is -1.72. The van der Waals surface area contributed by atoms with E-state index in [1.165, 1.54) is 0 Å². The van der Waals surface area contributed by atoms with Crippen LogP contribution in [0.1, 0.15) is 29.9 Å². The molecule has 0 bridgehead atoms. The zero-order valence-electron chi connectivity index (χ0n) is 10.5. The van der Waals surface area contributed by atoms with Crippen LogP contribution in [0.2, 0.25) is 0 Å². The van der Waals surface area contributed by atoms with Crippen LogP contribution in [0.4, 0.5) is 4.39 Å². The molecule has 0 aliphatic carbocycles. The number of aromatic nitrogens is 2.